The molecule has 7 aliphatic heterocycles. The molecule has 0 radical (unpaired) electrons. The Morgan fingerprint density at radius 1 is 0.932 bits per heavy atom. The number of aliphatic hydroxyl groups is 2. The largest absolute Gasteiger partial charge is 0.496 e. The molecule has 0 aromatic heterocycles. The summed E-state index contributed by atoms with van der Waals surface area (Å²) in [5.41, 5.74) is -2.63. The van der Waals surface area contributed by atoms with Gasteiger partial charge in [0.15, 0.2) is 6.10 Å². The zero-order chi connectivity index (χ0) is 41.7. The van der Waals surface area contributed by atoms with Gasteiger partial charge in [-0.1, -0.05) is 44.2 Å². The van der Waals surface area contributed by atoms with Crippen molar-refractivity contribution in [2.45, 2.75) is 98.5 Å². The van der Waals surface area contributed by atoms with E-state index in [0.29, 0.717) is 68.8 Å². The molecular formula is C46H56N4O9. The molecule has 13 nitrogen and oxygen atoms in total. The fraction of sp³-hybridized carbons (Fsp3) is 0.609. The standard InChI is InChI=1S/C46H56N4O9/c1-8-41-15-12-18-50-20-17-44(36(41)50)29-21-30(33(56-5)22-32(29)48(4)37(44)46(55,40(53)58-7)38(41)59-26(3)51)45(39(52)57-6)23-27-24-49-19-16-43(34(27)42(54,9-2)25-49)28-13-10-11-14-31(28)47-35(43)45/h10-15,21-22,27,34,36-38,54-55H,8-9,16-20,23-25H2,1-7H3/t27-,34+,36+,37-,38-,41-,42+,43+,44-,45+,46+/m1/s1. The Morgan fingerprint density at radius 2 is 1.69 bits per heavy atom. The van der Waals surface area contributed by atoms with Crippen LogP contribution in [0.25, 0.3) is 0 Å². The van der Waals surface area contributed by atoms with Crippen LogP contribution in [0.4, 0.5) is 11.4 Å². The summed E-state index contributed by atoms with van der Waals surface area (Å²) < 4.78 is 23.9. The monoisotopic (exact) mass is 808 g/mol. The fourth-order valence-electron chi connectivity index (χ4n) is 15.1. The number of hydrogen-bond acceptors (Lipinski definition) is 13. The van der Waals surface area contributed by atoms with Gasteiger partial charge in [-0.25, -0.2) is 4.79 Å². The SMILES string of the molecule is CC[C@]1(O)CN2CC[C@]34C(=Nc5ccccc53)[C@@](C(=O)OC)(c3cc5c(cc3OC)N(C)[C@H]3[C@@](O)(C(=O)OC)[C@H](OC(C)=O)[C@]6(CC)C=CCN7CC[C@]53[C@@H]76)C[C@H](C2)[C@@H]14. The van der Waals surface area contributed by atoms with Crippen LogP contribution in [-0.2, 0) is 44.8 Å². The van der Waals surface area contributed by atoms with Gasteiger partial charge in [0.05, 0.1) is 44.4 Å². The highest BCUT2D eigenvalue weighted by atomic mass is 16.6. The molecule has 13 heteroatoms. The summed E-state index contributed by atoms with van der Waals surface area (Å²) in [7, 11) is 6.16. The van der Waals surface area contributed by atoms with E-state index in [4.69, 9.17) is 23.9 Å². The maximum absolute atomic E-state index is 15.3. The molecule has 9 aliphatic rings. The fourth-order valence-corrected chi connectivity index (χ4v) is 15.1. The summed E-state index contributed by atoms with van der Waals surface area (Å²) in [5.74, 6) is -1.76. The van der Waals surface area contributed by atoms with Crippen LogP contribution in [0, 0.1) is 17.3 Å². The van der Waals surface area contributed by atoms with Crippen LogP contribution in [-0.4, -0.2) is 134 Å². The molecule has 2 spiro atoms. The topological polar surface area (TPSA) is 151 Å². The number of likely N-dealkylation sites (N-methyl/N-ethyl adjacent to an activating group) is 1. The van der Waals surface area contributed by atoms with Crippen LogP contribution in [0.5, 0.6) is 5.75 Å². The molecule has 2 aromatic carbocycles. The molecule has 6 fully saturated rings. The molecule has 314 valence electrons. The second-order valence-electron chi connectivity index (χ2n) is 18.7. The number of piperidine rings is 1. The van der Waals surface area contributed by atoms with E-state index in [9.17, 15) is 19.8 Å². The van der Waals surface area contributed by atoms with Crippen molar-refractivity contribution >= 4 is 35.0 Å². The molecule has 12 atom stereocenters. The number of methoxy groups -OCH3 is 3. The number of fused-ring (bicyclic) bond motifs is 4. The van der Waals surface area contributed by atoms with Crippen LogP contribution in [0.3, 0.4) is 0 Å². The minimum absolute atomic E-state index is 0.103. The summed E-state index contributed by atoms with van der Waals surface area (Å²) in [5, 5.41) is 26.0. The lowest BCUT2D eigenvalue weighted by atomic mass is 9.44. The van der Waals surface area contributed by atoms with Crippen LogP contribution in [0.2, 0.25) is 0 Å². The van der Waals surface area contributed by atoms with E-state index in [2.05, 4.69) is 41.0 Å². The maximum atomic E-state index is 15.3. The Balaban J connectivity index is 1.27. The molecular weight excluding hydrogens is 753 g/mol. The molecule has 2 aromatic rings. The number of carbonyl (C=O) groups is 3. The van der Waals surface area contributed by atoms with E-state index >= 15 is 4.79 Å². The second kappa shape index (κ2) is 12.6. The molecule has 0 amide bonds. The van der Waals surface area contributed by atoms with Crippen LogP contribution < -0.4 is 9.64 Å². The molecule has 1 unspecified atom stereocenters. The molecule has 4 saturated heterocycles. The average molecular weight is 809 g/mol. The summed E-state index contributed by atoms with van der Waals surface area (Å²) in [6, 6.07) is 11.0. The van der Waals surface area contributed by atoms with Gasteiger partial charge in [0.1, 0.15) is 11.2 Å². The molecule has 7 heterocycles. The van der Waals surface area contributed by atoms with Crippen molar-refractivity contribution in [1.82, 2.24) is 9.80 Å². The lowest BCUT2D eigenvalue weighted by molar-refractivity contribution is -0.228. The number of para-hydroxylation sites is 1. The van der Waals surface area contributed by atoms with Crippen molar-refractivity contribution in [3.05, 3.63) is 65.2 Å². The lowest BCUT2D eigenvalue weighted by Gasteiger charge is -2.63. The number of hydrogen-bond donors (Lipinski definition) is 2. The van der Waals surface area contributed by atoms with E-state index in [0.717, 1.165) is 35.6 Å². The van der Waals surface area contributed by atoms with Crippen LogP contribution in [0.15, 0.2) is 53.5 Å². The minimum Gasteiger partial charge on any atom is -0.496 e. The summed E-state index contributed by atoms with van der Waals surface area (Å²) >= 11 is 0. The number of ether oxygens (including phenoxy) is 4. The first-order chi connectivity index (χ1) is 28.2. The van der Waals surface area contributed by atoms with E-state index in [1.165, 1.54) is 21.1 Å². The van der Waals surface area contributed by atoms with Gasteiger partial charge in [-0.15, -0.1) is 0 Å². The van der Waals surface area contributed by atoms with Crippen molar-refractivity contribution < 1.29 is 43.5 Å². The first-order valence-electron chi connectivity index (χ1n) is 21.3. The zero-order valence-electron chi connectivity index (χ0n) is 35.1. The number of anilines is 1. The molecule has 59 heavy (non-hydrogen) atoms. The van der Waals surface area contributed by atoms with E-state index < -0.39 is 62.9 Å². The van der Waals surface area contributed by atoms with Gasteiger partial charge in [0, 0.05) is 79.1 Å². The number of nitrogens with zero attached hydrogens (tertiary/aromatic N) is 4. The van der Waals surface area contributed by atoms with E-state index in [1.54, 1.807) is 7.11 Å². The summed E-state index contributed by atoms with van der Waals surface area (Å²) in [6.45, 7) is 8.72. The van der Waals surface area contributed by atoms with Gasteiger partial charge in [0.25, 0.3) is 0 Å². The molecule has 4 bridgehead atoms. The van der Waals surface area contributed by atoms with Gasteiger partial charge in [-0.3, -0.25) is 19.5 Å². The van der Waals surface area contributed by atoms with Crippen molar-refractivity contribution in [2.75, 3.05) is 66.0 Å². The Labute approximate surface area is 345 Å². The smallest absolute Gasteiger partial charge is 0.344 e. The first-order valence-corrected chi connectivity index (χ1v) is 21.3. The molecule has 2 aliphatic carbocycles. The van der Waals surface area contributed by atoms with Gasteiger partial charge in [0.2, 0.25) is 5.60 Å². The number of esters is 3. The minimum atomic E-state index is -2.30. The number of benzene rings is 2. The quantitative estimate of drug-likeness (QED) is 0.239. The molecule has 2 saturated carbocycles. The predicted octanol–water partition coefficient (Wildman–Crippen LogP) is 3.57. The van der Waals surface area contributed by atoms with Crippen LogP contribution >= 0.6 is 0 Å². The highest BCUT2D eigenvalue weighted by molar-refractivity contribution is 6.21. The third-order valence-electron chi connectivity index (χ3n) is 16.7. The summed E-state index contributed by atoms with van der Waals surface area (Å²) in [4.78, 5) is 54.9. The number of carbonyl (C=O) groups excluding carboxylic acids is 3. The second-order valence-corrected chi connectivity index (χ2v) is 18.7. The number of rotatable bonds is 7. The highest BCUT2D eigenvalue weighted by Gasteiger charge is 2.81. The van der Waals surface area contributed by atoms with Gasteiger partial charge in [-0.2, -0.15) is 0 Å². The van der Waals surface area contributed by atoms with E-state index in [1.807, 2.05) is 43.1 Å². The third kappa shape index (κ3) is 4.35. The molecule has 2 N–H and O–H groups in total. The molecule has 11 rings (SSSR count). The Hall–Kier alpha value is -4.30. The lowest BCUT2D eigenvalue weighted by Crippen LogP contribution is -2.81. The van der Waals surface area contributed by atoms with Gasteiger partial charge >= 0.3 is 17.9 Å². The third-order valence-corrected chi connectivity index (χ3v) is 16.7. The van der Waals surface area contributed by atoms with Crippen molar-refractivity contribution in [3.8, 4) is 5.75 Å². The first kappa shape index (κ1) is 38.9. The Morgan fingerprint density at radius 3 is 2.39 bits per heavy atom. The van der Waals surface area contributed by atoms with Gasteiger partial charge < -0.3 is 39.0 Å². The number of aliphatic imine (C=N–C) groups is 1. The maximum Gasteiger partial charge on any atom is 0.344 e. The van der Waals surface area contributed by atoms with Crippen molar-refractivity contribution in [2.24, 2.45) is 22.2 Å². The van der Waals surface area contributed by atoms with Crippen molar-refractivity contribution in [1.29, 1.82) is 0 Å². The van der Waals surface area contributed by atoms with Crippen molar-refractivity contribution in [3.63, 3.8) is 0 Å². The van der Waals surface area contributed by atoms with E-state index in [-0.39, 0.29) is 17.9 Å². The van der Waals surface area contributed by atoms with Gasteiger partial charge in [-0.05, 0) is 74.4 Å². The van der Waals surface area contributed by atoms with Crippen LogP contribution in [0.1, 0.15) is 69.6 Å². The average Bonchev–Trinajstić information content (AvgIpc) is 3.82. The normalized spacial score (nSPS) is 41.8. The Kier molecular flexibility index (Phi) is 8.32. The Bertz CT molecular complexity index is 2250. The predicted molar refractivity (Wildman–Crippen MR) is 218 cm³/mol. The highest BCUT2D eigenvalue weighted by Crippen LogP contribution is 2.70. The zero-order valence-corrected chi connectivity index (χ0v) is 35.1. The summed E-state index contributed by atoms with van der Waals surface area (Å²) in [6.07, 6.45) is 5.47.